The zero-order chi connectivity index (χ0) is 13.4. The van der Waals surface area contributed by atoms with Crippen LogP contribution in [0, 0.1) is 11.8 Å². The van der Waals surface area contributed by atoms with Crippen LogP contribution in [0.15, 0.2) is 18.2 Å². The van der Waals surface area contributed by atoms with Crippen molar-refractivity contribution in [3.63, 3.8) is 0 Å². The maximum absolute atomic E-state index is 11.7. The highest BCUT2D eigenvalue weighted by molar-refractivity contribution is 6.31. The minimum Gasteiger partial charge on any atom is -0.280 e. The molecule has 4 heteroatoms. The number of carbonyl (C=O) groups is 1. The molecule has 98 valence electrons. The summed E-state index contributed by atoms with van der Waals surface area (Å²) in [6.07, 6.45) is 1.20. The van der Waals surface area contributed by atoms with Crippen molar-refractivity contribution < 1.29 is 4.79 Å². The molecule has 1 aliphatic rings. The van der Waals surface area contributed by atoms with E-state index in [-0.39, 0.29) is 5.91 Å². The molecule has 1 aromatic carbocycles. The highest BCUT2D eigenvalue weighted by atomic mass is 35.5. The summed E-state index contributed by atoms with van der Waals surface area (Å²) in [5.41, 5.74) is 1.70. The third kappa shape index (κ3) is 2.52. The van der Waals surface area contributed by atoms with E-state index >= 15 is 0 Å². The number of benzene rings is 1. The quantitative estimate of drug-likeness (QED) is 0.519. The summed E-state index contributed by atoms with van der Waals surface area (Å²) >= 11 is 6.27. The molecule has 0 radical (unpaired) electrons. The van der Waals surface area contributed by atoms with E-state index in [1.807, 2.05) is 12.1 Å². The molecule has 18 heavy (non-hydrogen) atoms. The molecule has 0 heterocycles. The maximum atomic E-state index is 11.7. The van der Waals surface area contributed by atoms with E-state index in [2.05, 4.69) is 13.8 Å². The Morgan fingerprint density at radius 1 is 1.50 bits per heavy atom. The molecule has 2 unspecified atom stereocenters. The van der Waals surface area contributed by atoms with Crippen LogP contribution in [0.25, 0.3) is 0 Å². The minimum absolute atomic E-state index is 0.223. The van der Waals surface area contributed by atoms with E-state index in [1.165, 1.54) is 13.5 Å². The van der Waals surface area contributed by atoms with Gasteiger partial charge in [0.2, 0.25) is 0 Å². The Kier molecular flexibility index (Phi) is 3.64. The van der Waals surface area contributed by atoms with Crippen LogP contribution in [0.3, 0.4) is 0 Å². The van der Waals surface area contributed by atoms with Crippen molar-refractivity contribution in [2.75, 3.05) is 7.05 Å². The molecule has 0 saturated heterocycles. The average molecular weight is 267 g/mol. The van der Waals surface area contributed by atoms with Gasteiger partial charge in [0.1, 0.15) is 0 Å². The van der Waals surface area contributed by atoms with Crippen molar-refractivity contribution in [2.45, 2.75) is 26.2 Å². The standard InChI is InChI=1S/C14H19ClN2O/c1-8(2)11-7-12(11)10-5-4-9(6-13(10)15)14(18)17(3)16/h4-6,8,11-12H,7,16H2,1-3H3. The van der Waals surface area contributed by atoms with Crippen LogP contribution >= 0.6 is 11.6 Å². The van der Waals surface area contributed by atoms with E-state index in [1.54, 1.807) is 6.07 Å². The van der Waals surface area contributed by atoms with E-state index in [9.17, 15) is 4.79 Å². The Labute approximate surface area is 113 Å². The number of nitrogens with zero attached hydrogens (tertiary/aromatic N) is 1. The molecule has 2 rings (SSSR count). The molecule has 2 N–H and O–H groups in total. The predicted molar refractivity (Wildman–Crippen MR) is 73.4 cm³/mol. The molecule has 0 aliphatic heterocycles. The number of carbonyl (C=O) groups excluding carboxylic acids is 1. The highest BCUT2D eigenvalue weighted by Gasteiger charge is 2.41. The van der Waals surface area contributed by atoms with Crippen LogP contribution in [0.4, 0.5) is 0 Å². The van der Waals surface area contributed by atoms with Crippen molar-refractivity contribution in [3.8, 4) is 0 Å². The lowest BCUT2D eigenvalue weighted by Gasteiger charge is -2.12. The number of hydrazine groups is 1. The van der Waals surface area contributed by atoms with Gasteiger partial charge in [0.15, 0.2) is 0 Å². The summed E-state index contributed by atoms with van der Waals surface area (Å²) in [6.45, 7) is 4.47. The van der Waals surface area contributed by atoms with E-state index in [4.69, 9.17) is 17.4 Å². The monoisotopic (exact) mass is 266 g/mol. The molecular formula is C14H19ClN2O. The highest BCUT2D eigenvalue weighted by Crippen LogP contribution is 2.53. The minimum atomic E-state index is -0.223. The Bertz CT molecular complexity index is 471. The van der Waals surface area contributed by atoms with Gasteiger partial charge in [-0.1, -0.05) is 31.5 Å². The molecule has 1 saturated carbocycles. The van der Waals surface area contributed by atoms with Crippen LogP contribution in [-0.4, -0.2) is 18.0 Å². The summed E-state index contributed by atoms with van der Waals surface area (Å²) in [7, 11) is 1.53. The number of hydrogen-bond donors (Lipinski definition) is 1. The van der Waals surface area contributed by atoms with Gasteiger partial charge in [0.25, 0.3) is 5.91 Å². The second-order valence-corrected chi connectivity index (χ2v) is 5.81. The fraction of sp³-hybridized carbons (Fsp3) is 0.500. The smallest absolute Gasteiger partial charge is 0.267 e. The Hall–Kier alpha value is -1.06. The molecular weight excluding hydrogens is 248 g/mol. The van der Waals surface area contributed by atoms with Gasteiger partial charge in [-0.2, -0.15) is 0 Å². The Balaban J connectivity index is 2.19. The largest absolute Gasteiger partial charge is 0.280 e. The van der Waals surface area contributed by atoms with Crippen molar-refractivity contribution in [1.29, 1.82) is 0 Å². The predicted octanol–water partition coefficient (Wildman–Crippen LogP) is 3.05. The van der Waals surface area contributed by atoms with Gasteiger partial charge in [0.05, 0.1) is 0 Å². The molecule has 1 amide bonds. The fourth-order valence-corrected chi connectivity index (χ4v) is 2.79. The van der Waals surface area contributed by atoms with Crippen molar-refractivity contribution in [3.05, 3.63) is 34.3 Å². The first-order chi connectivity index (χ1) is 8.41. The van der Waals surface area contributed by atoms with Crippen LogP contribution in [-0.2, 0) is 0 Å². The normalized spacial score (nSPS) is 22.1. The van der Waals surface area contributed by atoms with Crippen LogP contribution < -0.4 is 5.84 Å². The fourth-order valence-electron chi connectivity index (χ4n) is 2.47. The molecule has 0 bridgehead atoms. The van der Waals surface area contributed by atoms with E-state index in [0.717, 1.165) is 16.5 Å². The number of amides is 1. The van der Waals surface area contributed by atoms with Crippen LogP contribution in [0.2, 0.25) is 5.02 Å². The van der Waals surface area contributed by atoms with Gasteiger partial charge in [0, 0.05) is 17.6 Å². The maximum Gasteiger partial charge on any atom is 0.267 e. The first kappa shape index (κ1) is 13.4. The number of nitrogens with two attached hydrogens (primary N) is 1. The first-order valence-corrected chi connectivity index (χ1v) is 6.61. The van der Waals surface area contributed by atoms with Gasteiger partial charge >= 0.3 is 0 Å². The number of rotatable bonds is 3. The lowest BCUT2D eigenvalue weighted by Crippen LogP contribution is -2.33. The van der Waals surface area contributed by atoms with Gasteiger partial charge in [-0.15, -0.1) is 0 Å². The summed E-state index contributed by atoms with van der Waals surface area (Å²) in [5.74, 6) is 7.17. The zero-order valence-corrected chi connectivity index (χ0v) is 11.7. The van der Waals surface area contributed by atoms with Crippen molar-refractivity contribution >= 4 is 17.5 Å². The molecule has 2 atom stereocenters. The summed E-state index contributed by atoms with van der Waals surface area (Å²) in [4.78, 5) is 11.7. The molecule has 1 aliphatic carbocycles. The molecule has 1 aromatic rings. The second-order valence-electron chi connectivity index (χ2n) is 5.40. The van der Waals surface area contributed by atoms with Crippen molar-refractivity contribution in [1.82, 2.24) is 5.01 Å². The summed E-state index contributed by atoms with van der Waals surface area (Å²) in [6, 6.07) is 5.49. The number of halogens is 1. The molecule has 0 aromatic heterocycles. The number of hydrogen-bond acceptors (Lipinski definition) is 2. The molecule has 1 fully saturated rings. The topological polar surface area (TPSA) is 46.3 Å². The first-order valence-electron chi connectivity index (χ1n) is 6.24. The van der Waals surface area contributed by atoms with Gasteiger partial charge in [-0.25, -0.2) is 5.84 Å². The lowest BCUT2D eigenvalue weighted by atomic mass is 10.0. The molecule has 3 nitrogen and oxygen atoms in total. The third-order valence-electron chi connectivity index (χ3n) is 3.66. The Morgan fingerprint density at radius 3 is 2.61 bits per heavy atom. The van der Waals surface area contributed by atoms with Gasteiger partial charge < -0.3 is 0 Å². The lowest BCUT2D eigenvalue weighted by molar-refractivity contribution is 0.0795. The SMILES string of the molecule is CC(C)C1CC1c1ccc(C(=O)N(C)N)cc1Cl. The third-order valence-corrected chi connectivity index (χ3v) is 3.99. The van der Waals surface area contributed by atoms with Gasteiger partial charge in [-0.3, -0.25) is 9.80 Å². The van der Waals surface area contributed by atoms with Gasteiger partial charge in [-0.05, 0) is 41.9 Å². The van der Waals surface area contributed by atoms with Crippen LogP contribution in [0.1, 0.15) is 42.1 Å². The Morgan fingerprint density at radius 2 is 2.17 bits per heavy atom. The summed E-state index contributed by atoms with van der Waals surface area (Å²) < 4.78 is 0. The van der Waals surface area contributed by atoms with Crippen LogP contribution in [0.5, 0.6) is 0 Å². The average Bonchev–Trinajstić information content (AvgIpc) is 3.07. The second kappa shape index (κ2) is 4.90. The molecule has 0 spiro atoms. The summed E-state index contributed by atoms with van der Waals surface area (Å²) in [5, 5.41) is 1.75. The van der Waals surface area contributed by atoms with Crippen molar-refractivity contribution in [2.24, 2.45) is 17.7 Å². The van der Waals surface area contributed by atoms with E-state index in [0.29, 0.717) is 22.4 Å². The van der Waals surface area contributed by atoms with E-state index < -0.39 is 0 Å². The zero-order valence-electron chi connectivity index (χ0n) is 11.0.